The highest BCUT2D eigenvalue weighted by atomic mass is 16.6. The maximum Gasteiger partial charge on any atom is 0.349 e. The minimum Gasteiger partial charge on any atom is -0.476 e. The van der Waals surface area contributed by atoms with Crippen LogP contribution in [0.4, 0.5) is 5.69 Å². The van der Waals surface area contributed by atoms with E-state index in [9.17, 15) is 4.79 Å². The SMILES string of the molecule is CCOC(=O)C(C)(C)Oc1ccc(N2CCCC2)cc1. The molecule has 2 rings (SSSR count). The van der Waals surface area contributed by atoms with Gasteiger partial charge in [0.2, 0.25) is 0 Å². The summed E-state index contributed by atoms with van der Waals surface area (Å²) >= 11 is 0. The van der Waals surface area contributed by atoms with Crippen LogP contribution in [0.2, 0.25) is 0 Å². The number of hydrogen-bond acceptors (Lipinski definition) is 4. The van der Waals surface area contributed by atoms with Crippen LogP contribution in [0.1, 0.15) is 33.6 Å². The van der Waals surface area contributed by atoms with E-state index >= 15 is 0 Å². The van der Waals surface area contributed by atoms with Gasteiger partial charge in [-0.05, 0) is 57.9 Å². The Hall–Kier alpha value is -1.71. The summed E-state index contributed by atoms with van der Waals surface area (Å²) in [4.78, 5) is 14.2. The van der Waals surface area contributed by atoms with Crippen molar-refractivity contribution in [2.75, 3.05) is 24.6 Å². The summed E-state index contributed by atoms with van der Waals surface area (Å²) in [6.07, 6.45) is 2.52. The Morgan fingerprint density at radius 3 is 2.35 bits per heavy atom. The van der Waals surface area contributed by atoms with Crippen LogP contribution in [0.25, 0.3) is 0 Å². The normalized spacial score (nSPS) is 15.2. The van der Waals surface area contributed by atoms with Gasteiger partial charge in [0.25, 0.3) is 0 Å². The Labute approximate surface area is 120 Å². The predicted molar refractivity (Wildman–Crippen MR) is 79.2 cm³/mol. The molecule has 1 aliphatic rings. The third kappa shape index (κ3) is 3.44. The van der Waals surface area contributed by atoms with Crippen LogP contribution in [-0.2, 0) is 9.53 Å². The monoisotopic (exact) mass is 277 g/mol. The smallest absolute Gasteiger partial charge is 0.349 e. The molecule has 4 nitrogen and oxygen atoms in total. The number of anilines is 1. The number of carbonyl (C=O) groups excluding carboxylic acids is 1. The molecule has 1 aromatic rings. The van der Waals surface area contributed by atoms with E-state index in [0.717, 1.165) is 13.1 Å². The van der Waals surface area contributed by atoms with Crippen molar-refractivity contribution in [2.45, 2.75) is 39.2 Å². The summed E-state index contributed by atoms with van der Waals surface area (Å²) in [5.74, 6) is 0.342. The van der Waals surface area contributed by atoms with Crippen molar-refractivity contribution in [1.29, 1.82) is 0 Å². The van der Waals surface area contributed by atoms with Gasteiger partial charge in [0, 0.05) is 18.8 Å². The Kier molecular flexibility index (Phi) is 4.53. The zero-order valence-electron chi connectivity index (χ0n) is 12.5. The number of hydrogen-bond donors (Lipinski definition) is 0. The third-order valence-electron chi connectivity index (χ3n) is 3.45. The van der Waals surface area contributed by atoms with Crippen LogP contribution in [0.5, 0.6) is 5.75 Å². The maximum absolute atomic E-state index is 11.8. The number of nitrogens with zero attached hydrogens (tertiary/aromatic N) is 1. The van der Waals surface area contributed by atoms with Crippen LogP contribution < -0.4 is 9.64 Å². The third-order valence-corrected chi connectivity index (χ3v) is 3.45. The minimum absolute atomic E-state index is 0.344. The number of carbonyl (C=O) groups is 1. The molecule has 0 aromatic heterocycles. The lowest BCUT2D eigenvalue weighted by atomic mass is 10.1. The Bertz CT molecular complexity index is 447. The summed E-state index contributed by atoms with van der Waals surface area (Å²) in [5, 5.41) is 0. The van der Waals surface area contributed by atoms with Crippen LogP contribution >= 0.6 is 0 Å². The molecule has 0 spiro atoms. The second kappa shape index (κ2) is 6.16. The average molecular weight is 277 g/mol. The summed E-state index contributed by atoms with van der Waals surface area (Å²) in [6.45, 7) is 7.83. The summed E-state index contributed by atoms with van der Waals surface area (Å²) in [5.41, 5.74) is 0.245. The molecular weight excluding hydrogens is 254 g/mol. The zero-order chi connectivity index (χ0) is 14.6. The molecule has 1 saturated heterocycles. The van der Waals surface area contributed by atoms with Crippen molar-refractivity contribution in [3.63, 3.8) is 0 Å². The Morgan fingerprint density at radius 2 is 1.80 bits per heavy atom. The highest BCUT2D eigenvalue weighted by Crippen LogP contribution is 2.25. The fourth-order valence-electron chi connectivity index (χ4n) is 2.34. The first-order valence-corrected chi connectivity index (χ1v) is 7.24. The molecule has 1 aromatic carbocycles. The summed E-state index contributed by atoms with van der Waals surface area (Å²) in [7, 11) is 0. The van der Waals surface area contributed by atoms with Gasteiger partial charge in [-0.1, -0.05) is 0 Å². The van der Waals surface area contributed by atoms with Gasteiger partial charge in [-0.25, -0.2) is 4.79 Å². The van der Waals surface area contributed by atoms with Gasteiger partial charge in [-0.15, -0.1) is 0 Å². The first-order valence-electron chi connectivity index (χ1n) is 7.24. The molecule has 1 aliphatic heterocycles. The number of benzene rings is 1. The standard InChI is InChI=1S/C16H23NO3/c1-4-19-15(18)16(2,3)20-14-9-7-13(8-10-14)17-11-5-6-12-17/h7-10H,4-6,11-12H2,1-3H3. The maximum atomic E-state index is 11.8. The topological polar surface area (TPSA) is 38.8 Å². The quantitative estimate of drug-likeness (QED) is 0.776. The van der Waals surface area contributed by atoms with Crippen LogP contribution in [0, 0.1) is 0 Å². The summed E-state index contributed by atoms with van der Waals surface area (Å²) in [6, 6.07) is 7.91. The molecule has 0 bridgehead atoms. The Morgan fingerprint density at radius 1 is 1.20 bits per heavy atom. The highest BCUT2D eigenvalue weighted by Gasteiger charge is 2.31. The average Bonchev–Trinajstić information content (AvgIpc) is 2.93. The van der Waals surface area contributed by atoms with Crippen molar-refractivity contribution in [3.8, 4) is 5.75 Å². The molecule has 1 fully saturated rings. The zero-order valence-corrected chi connectivity index (χ0v) is 12.5. The molecule has 0 aliphatic carbocycles. The number of rotatable bonds is 5. The lowest BCUT2D eigenvalue weighted by Crippen LogP contribution is -2.39. The van der Waals surface area contributed by atoms with Gasteiger partial charge in [-0.3, -0.25) is 0 Å². The van der Waals surface area contributed by atoms with E-state index < -0.39 is 5.60 Å². The molecule has 0 saturated carbocycles. The van der Waals surface area contributed by atoms with Crippen molar-refractivity contribution in [2.24, 2.45) is 0 Å². The second-order valence-corrected chi connectivity index (χ2v) is 5.52. The van der Waals surface area contributed by atoms with Gasteiger partial charge < -0.3 is 14.4 Å². The van der Waals surface area contributed by atoms with Gasteiger partial charge in [0.15, 0.2) is 5.60 Å². The van der Waals surface area contributed by atoms with Gasteiger partial charge >= 0.3 is 5.97 Å². The second-order valence-electron chi connectivity index (χ2n) is 5.52. The summed E-state index contributed by atoms with van der Waals surface area (Å²) < 4.78 is 10.8. The molecule has 4 heteroatoms. The van der Waals surface area contributed by atoms with Crippen LogP contribution in [0.15, 0.2) is 24.3 Å². The van der Waals surface area contributed by atoms with E-state index in [1.54, 1.807) is 20.8 Å². The largest absolute Gasteiger partial charge is 0.476 e. The molecule has 20 heavy (non-hydrogen) atoms. The highest BCUT2D eigenvalue weighted by molar-refractivity contribution is 5.79. The van der Waals surface area contributed by atoms with E-state index in [1.807, 2.05) is 24.3 Å². The Balaban J connectivity index is 2.01. The number of esters is 1. The van der Waals surface area contributed by atoms with E-state index in [4.69, 9.17) is 9.47 Å². The van der Waals surface area contributed by atoms with Crippen LogP contribution in [0.3, 0.4) is 0 Å². The fraction of sp³-hybridized carbons (Fsp3) is 0.562. The molecule has 0 N–H and O–H groups in total. The van der Waals surface area contributed by atoms with Crippen molar-refractivity contribution < 1.29 is 14.3 Å². The first-order chi connectivity index (χ1) is 9.53. The molecule has 0 amide bonds. The van der Waals surface area contributed by atoms with Gasteiger partial charge in [-0.2, -0.15) is 0 Å². The molecular formula is C16H23NO3. The molecule has 0 unspecified atom stereocenters. The minimum atomic E-state index is -0.967. The van der Waals surface area contributed by atoms with E-state index in [1.165, 1.54) is 18.5 Å². The predicted octanol–water partition coefficient (Wildman–Crippen LogP) is 3.01. The molecule has 110 valence electrons. The lowest BCUT2D eigenvalue weighted by molar-refractivity contribution is -0.158. The van der Waals surface area contributed by atoms with Crippen molar-refractivity contribution >= 4 is 11.7 Å². The molecule has 0 radical (unpaired) electrons. The van der Waals surface area contributed by atoms with Gasteiger partial charge in [0.05, 0.1) is 6.61 Å². The first kappa shape index (κ1) is 14.7. The van der Waals surface area contributed by atoms with Crippen molar-refractivity contribution in [1.82, 2.24) is 0 Å². The lowest BCUT2D eigenvalue weighted by Gasteiger charge is -2.24. The van der Waals surface area contributed by atoms with Crippen LogP contribution in [-0.4, -0.2) is 31.3 Å². The number of ether oxygens (including phenoxy) is 2. The van der Waals surface area contributed by atoms with Crippen molar-refractivity contribution in [3.05, 3.63) is 24.3 Å². The van der Waals surface area contributed by atoms with E-state index in [2.05, 4.69) is 4.90 Å². The fourth-order valence-corrected chi connectivity index (χ4v) is 2.34. The van der Waals surface area contributed by atoms with E-state index in [0.29, 0.717) is 12.4 Å². The van der Waals surface area contributed by atoms with Gasteiger partial charge in [0.1, 0.15) is 5.75 Å². The molecule has 1 heterocycles. The van der Waals surface area contributed by atoms with E-state index in [-0.39, 0.29) is 5.97 Å². The molecule has 0 atom stereocenters.